The van der Waals surface area contributed by atoms with Crippen molar-refractivity contribution >= 4 is 58.5 Å². The van der Waals surface area contributed by atoms with Crippen molar-refractivity contribution in [1.29, 1.82) is 0 Å². The molecule has 164 valence electrons. The second-order valence-electron chi connectivity index (χ2n) is 7.33. The predicted octanol–water partition coefficient (Wildman–Crippen LogP) is 4.47. The molecule has 1 fully saturated rings. The maximum absolute atomic E-state index is 13.1. The molecule has 0 aliphatic carbocycles. The Bertz CT molecular complexity index is 1300. The Morgan fingerprint density at radius 2 is 1.70 bits per heavy atom. The number of nitrogens with one attached hydrogen (secondary N) is 1. The number of benzene rings is 3. The van der Waals surface area contributed by atoms with Gasteiger partial charge in [-0.05, 0) is 64.8 Å². The van der Waals surface area contributed by atoms with E-state index in [1.54, 1.807) is 42.5 Å². The van der Waals surface area contributed by atoms with E-state index in [-0.39, 0.29) is 17.1 Å². The van der Waals surface area contributed by atoms with E-state index in [0.29, 0.717) is 21.8 Å². The predicted molar refractivity (Wildman–Crippen MR) is 131 cm³/mol. The fraction of sp³-hybridized carbons (Fsp3) is 0.0400. The van der Waals surface area contributed by atoms with Gasteiger partial charge in [0.1, 0.15) is 5.57 Å². The van der Waals surface area contributed by atoms with Crippen LogP contribution in [0.15, 0.2) is 78.4 Å². The number of rotatable bonds is 5. The zero-order chi connectivity index (χ0) is 23.5. The van der Waals surface area contributed by atoms with Crippen LogP contribution in [-0.2, 0) is 20.8 Å². The molecular formula is C25H17ClN2O4S. The van der Waals surface area contributed by atoms with Gasteiger partial charge in [0.25, 0.3) is 11.8 Å². The van der Waals surface area contributed by atoms with Crippen LogP contribution < -0.4 is 10.2 Å². The lowest BCUT2D eigenvalue weighted by molar-refractivity contribution is -0.136. The highest BCUT2D eigenvalue weighted by Gasteiger charge is 2.34. The van der Waals surface area contributed by atoms with Crippen molar-refractivity contribution in [3.8, 4) is 11.1 Å². The molecule has 4 rings (SSSR count). The SMILES string of the molecule is O=C(O)Cc1cccc(-c2ccc(/C=C3/C(=O)NC(=S)N(c4ccc(Cl)cc4)C3=O)cc2)c1. The first-order valence-electron chi connectivity index (χ1n) is 9.90. The summed E-state index contributed by atoms with van der Waals surface area (Å²) in [5.41, 5.74) is 3.56. The van der Waals surface area contributed by atoms with Crippen molar-refractivity contribution in [1.82, 2.24) is 5.32 Å². The van der Waals surface area contributed by atoms with E-state index >= 15 is 0 Å². The molecule has 0 saturated carbocycles. The third-order valence-electron chi connectivity index (χ3n) is 5.02. The van der Waals surface area contributed by atoms with Crippen molar-refractivity contribution in [3.63, 3.8) is 0 Å². The summed E-state index contributed by atoms with van der Waals surface area (Å²) in [6.07, 6.45) is 1.45. The van der Waals surface area contributed by atoms with Crippen LogP contribution in [0.4, 0.5) is 5.69 Å². The number of halogens is 1. The lowest BCUT2D eigenvalue weighted by Gasteiger charge is -2.28. The maximum atomic E-state index is 13.1. The monoisotopic (exact) mass is 476 g/mol. The molecule has 8 heteroatoms. The summed E-state index contributed by atoms with van der Waals surface area (Å²) in [7, 11) is 0. The number of thiocarbonyl (C=S) groups is 1. The molecule has 6 nitrogen and oxygen atoms in total. The average molecular weight is 477 g/mol. The molecule has 33 heavy (non-hydrogen) atoms. The molecule has 1 aliphatic heterocycles. The van der Waals surface area contributed by atoms with Crippen LogP contribution >= 0.6 is 23.8 Å². The minimum Gasteiger partial charge on any atom is -0.481 e. The molecule has 0 spiro atoms. The highest BCUT2D eigenvalue weighted by Crippen LogP contribution is 2.25. The van der Waals surface area contributed by atoms with Crippen LogP contribution in [0.25, 0.3) is 17.2 Å². The van der Waals surface area contributed by atoms with Gasteiger partial charge in [-0.3, -0.25) is 24.6 Å². The van der Waals surface area contributed by atoms with E-state index < -0.39 is 17.8 Å². The van der Waals surface area contributed by atoms with Crippen molar-refractivity contribution in [2.75, 3.05) is 4.90 Å². The first-order chi connectivity index (χ1) is 15.8. The standard InChI is InChI=1S/C25H17ClN2O4S/c26-19-8-10-20(11-9-19)28-24(32)21(23(31)27-25(28)33)13-15-4-6-17(7-5-15)18-3-1-2-16(12-18)14-22(29)30/h1-13H,14H2,(H,29,30)(H,27,31,33)/b21-13-. The van der Waals surface area contributed by atoms with Crippen molar-refractivity contribution in [2.24, 2.45) is 0 Å². The minimum absolute atomic E-state index is 0.000984. The van der Waals surface area contributed by atoms with Gasteiger partial charge in [-0.15, -0.1) is 0 Å². The van der Waals surface area contributed by atoms with Crippen molar-refractivity contribution in [3.05, 3.63) is 94.5 Å². The Hall–Kier alpha value is -3.81. The molecule has 1 heterocycles. The zero-order valence-electron chi connectivity index (χ0n) is 17.1. The molecule has 0 atom stereocenters. The Morgan fingerprint density at radius 3 is 2.36 bits per heavy atom. The number of carboxylic acid groups (broad SMARTS) is 1. The van der Waals surface area contributed by atoms with E-state index in [1.165, 1.54) is 11.0 Å². The number of carbonyl (C=O) groups excluding carboxylic acids is 2. The van der Waals surface area contributed by atoms with Gasteiger partial charge in [0.05, 0.1) is 12.1 Å². The lowest BCUT2D eigenvalue weighted by atomic mass is 9.99. The molecule has 3 aromatic rings. The summed E-state index contributed by atoms with van der Waals surface area (Å²) in [4.78, 5) is 37.8. The van der Waals surface area contributed by atoms with Crippen molar-refractivity contribution < 1.29 is 19.5 Å². The van der Waals surface area contributed by atoms with Crippen LogP contribution in [0.5, 0.6) is 0 Å². The van der Waals surface area contributed by atoms with E-state index in [9.17, 15) is 14.4 Å². The largest absolute Gasteiger partial charge is 0.481 e. The molecule has 0 radical (unpaired) electrons. The van der Waals surface area contributed by atoms with Crippen LogP contribution in [0, 0.1) is 0 Å². The second-order valence-corrected chi connectivity index (χ2v) is 8.15. The normalized spacial score (nSPS) is 15.0. The van der Waals surface area contributed by atoms with Crippen LogP contribution in [0.1, 0.15) is 11.1 Å². The third-order valence-corrected chi connectivity index (χ3v) is 5.56. The number of carboxylic acids is 1. The molecule has 1 saturated heterocycles. The lowest BCUT2D eigenvalue weighted by Crippen LogP contribution is -2.54. The molecule has 0 aromatic heterocycles. The first-order valence-corrected chi connectivity index (χ1v) is 10.7. The number of anilines is 1. The highest BCUT2D eigenvalue weighted by molar-refractivity contribution is 7.80. The summed E-state index contributed by atoms with van der Waals surface area (Å²) in [6.45, 7) is 0. The van der Waals surface area contributed by atoms with Crippen LogP contribution in [0.3, 0.4) is 0 Å². The van der Waals surface area contributed by atoms with E-state index in [1.807, 2.05) is 30.3 Å². The molecule has 1 aliphatic rings. The van der Waals surface area contributed by atoms with Gasteiger partial charge < -0.3 is 5.11 Å². The minimum atomic E-state index is -0.892. The van der Waals surface area contributed by atoms with Crippen LogP contribution in [-0.4, -0.2) is 28.0 Å². The molecule has 0 bridgehead atoms. The van der Waals surface area contributed by atoms with Crippen molar-refractivity contribution in [2.45, 2.75) is 6.42 Å². The number of aliphatic carboxylic acids is 1. The van der Waals surface area contributed by atoms with Crippen LogP contribution in [0.2, 0.25) is 5.02 Å². The number of nitrogens with zero attached hydrogens (tertiary/aromatic N) is 1. The second kappa shape index (κ2) is 9.36. The quantitative estimate of drug-likeness (QED) is 0.322. The molecular weight excluding hydrogens is 460 g/mol. The Kier molecular flexibility index (Phi) is 6.35. The van der Waals surface area contributed by atoms with Gasteiger partial charge in [0.15, 0.2) is 5.11 Å². The fourth-order valence-corrected chi connectivity index (χ4v) is 3.86. The zero-order valence-corrected chi connectivity index (χ0v) is 18.7. The topological polar surface area (TPSA) is 86.7 Å². The smallest absolute Gasteiger partial charge is 0.307 e. The Balaban J connectivity index is 1.61. The molecule has 2 N–H and O–H groups in total. The van der Waals surface area contributed by atoms with Gasteiger partial charge in [-0.1, -0.05) is 60.1 Å². The van der Waals surface area contributed by atoms with Gasteiger partial charge in [-0.2, -0.15) is 0 Å². The summed E-state index contributed by atoms with van der Waals surface area (Å²) in [6, 6.07) is 21.1. The summed E-state index contributed by atoms with van der Waals surface area (Å²) < 4.78 is 0. The third kappa shape index (κ3) is 5.00. The van der Waals surface area contributed by atoms with Gasteiger partial charge >= 0.3 is 5.97 Å². The maximum Gasteiger partial charge on any atom is 0.307 e. The van der Waals surface area contributed by atoms with Gasteiger partial charge in [0, 0.05) is 5.02 Å². The van der Waals surface area contributed by atoms with E-state index in [0.717, 1.165) is 11.1 Å². The number of amides is 2. The molecule has 2 amide bonds. The molecule has 0 unspecified atom stereocenters. The molecule has 3 aromatic carbocycles. The van der Waals surface area contributed by atoms with E-state index in [4.69, 9.17) is 28.9 Å². The van der Waals surface area contributed by atoms with Gasteiger partial charge in [0.2, 0.25) is 0 Å². The average Bonchev–Trinajstić information content (AvgIpc) is 2.78. The number of hydrogen-bond donors (Lipinski definition) is 2. The summed E-state index contributed by atoms with van der Waals surface area (Å²) in [5, 5.41) is 12.1. The number of carbonyl (C=O) groups is 3. The highest BCUT2D eigenvalue weighted by atomic mass is 35.5. The van der Waals surface area contributed by atoms with Gasteiger partial charge in [-0.25, -0.2) is 0 Å². The Labute approximate surface area is 200 Å². The summed E-state index contributed by atoms with van der Waals surface area (Å²) in [5.74, 6) is -1.99. The summed E-state index contributed by atoms with van der Waals surface area (Å²) >= 11 is 11.1. The first kappa shape index (κ1) is 22.4. The number of hydrogen-bond acceptors (Lipinski definition) is 4. The Morgan fingerprint density at radius 1 is 1.00 bits per heavy atom. The fourth-order valence-electron chi connectivity index (χ4n) is 3.46. The van der Waals surface area contributed by atoms with E-state index in [2.05, 4.69) is 5.32 Å².